The molecule has 3 nitrogen and oxygen atoms in total. The molecular formula is C12H18BrNO2S. The van der Waals surface area contributed by atoms with E-state index in [1.54, 1.807) is 0 Å². The molecule has 96 valence electrons. The predicted octanol–water partition coefficient (Wildman–Crippen LogP) is 3.05. The molecule has 0 spiro atoms. The highest BCUT2D eigenvalue weighted by Crippen LogP contribution is 2.33. The Hall–Kier alpha value is -0.390. The zero-order valence-corrected chi connectivity index (χ0v) is 12.7. The summed E-state index contributed by atoms with van der Waals surface area (Å²) in [7, 11) is -3.28. The van der Waals surface area contributed by atoms with Crippen LogP contribution in [0.1, 0.15) is 32.4 Å². The summed E-state index contributed by atoms with van der Waals surface area (Å²) in [6.07, 6.45) is 0. The first-order valence-electron chi connectivity index (χ1n) is 5.37. The number of alkyl halides is 1. The van der Waals surface area contributed by atoms with Crippen LogP contribution in [0, 0.1) is 5.41 Å². The fourth-order valence-corrected chi connectivity index (χ4v) is 2.91. The van der Waals surface area contributed by atoms with Gasteiger partial charge in [-0.25, -0.2) is 13.1 Å². The Kier molecular flexibility index (Phi) is 4.75. The fraction of sp³-hybridized carbons (Fsp3) is 0.500. The number of hydrogen-bond donors (Lipinski definition) is 1. The second kappa shape index (κ2) is 5.50. The molecule has 0 heterocycles. The van der Waals surface area contributed by atoms with Gasteiger partial charge >= 0.3 is 0 Å². The third kappa shape index (κ3) is 4.41. The molecule has 0 aliphatic carbocycles. The number of halogens is 1. The quantitative estimate of drug-likeness (QED) is 0.867. The Morgan fingerprint density at radius 2 is 1.76 bits per heavy atom. The lowest BCUT2D eigenvalue weighted by Gasteiger charge is -2.31. The van der Waals surface area contributed by atoms with E-state index in [2.05, 4.69) is 20.7 Å². The molecule has 1 N–H and O–H groups in total. The second-order valence-corrected chi connectivity index (χ2v) is 8.11. The Bertz CT molecular complexity index is 451. The first-order valence-corrected chi connectivity index (χ1v) is 8.14. The Morgan fingerprint density at radius 1 is 1.24 bits per heavy atom. The Balaban J connectivity index is 3.07. The summed E-state index contributed by atoms with van der Waals surface area (Å²) < 4.78 is 26.0. The van der Waals surface area contributed by atoms with Crippen molar-refractivity contribution >= 4 is 26.0 Å². The standard InChI is InChI=1S/C12H18BrNO2S/c1-12(2,3)11(14-17(15,16)9-13)10-7-5-4-6-8-10/h4-8,11,14H,9H2,1-3H3. The van der Waals surface area contributed by atoms with Gasteiger partial charge in [-0.3, -0.25) is 0 Å². The molecule has 1 aromatic rings. The monoisotopic (exact) mass is 319 g/mol. The van der Waals surface area contributed by atoms with Crippen LogP contribution in [-0.2, 0) is 10.0 Å². The van der Waals surface area contributed by atoms with Crippen molar-refractivity contribution in [1.29, 1.82) is 0 Å². The lowest BCUT2D eigenvalue weighted by atomic mass is 9.83. The van der Waals surface area contributed by atoms with E-state index >= 15 is 0 Å². The second-order valence-electron chi connectivity index (χ2n) is 5.05. The van der Waals surface area contributed by atoms with E-state index in [9.17, 15) is 8.42 Å². The van der Waals surface area contributed by atoms with Crippen LogP contribution < -0.4 is 4.72 Å². The van der Waals surface area contributed by atoms with Crippen LogP contribution in [0.5, 0.6) is 0 Å². The summed E-state index contributed by atoms with van der Waals surface area (Å²) in [5, 5.41) is 0. The summed E-state index contributed by atoms with van der Waals surface area (Å²) in [5.74, 6) is 0. The van der Waals surface area contributed by atoms with Crippen LogP contribution in [-0.4, -0.2) is 13.1 Å². The van der Waals surface area contributed by atoms with Gasteiger partial charge in [-0.15, -0.1) is 0 Å². The van der Waals surface area contributed by atoms with Crippen LogP contribution >= 0.6 is 15.9 Å². The number of rotatable bonds is 4. The number of hydrogen-bond acceptors (Lipinski definition) is 2. The van der Waals surface area contributed by atoms with Crippen molar-refractivity contribution in [3.63, 3.8) is 0 Å². The minimum atomic E-state index is -3.28. The molecule has 0 amide bonds. The van der Waals surface area contributed by atoms with E-state index in [1.165, 1.54) is 0 Å². The first kappa shape index (κ1) is 14.7. The largest absolute Gasteiger partial charge is 0.222 e. The van der Waals surface area contributed by atoms with Crippen molar-refractivity contribution < 1.29 is 8.42 Å². The maximum atomic E-state index is 11.7. The van der Waals surface area contributed by atoms with Gasteiger partial charge in [-0.2, -0.15) is 0 Å². The summed E-state index contributed by atoms with van der Waals surface area (Å²) >= 11 is 2.99. The summed E-state index contributed by atoms with van der Waals surface area (Å²) in [6.45, 7) is 6.05. The van der Waals surface area contributed by atoms with Crippen molar-refractivity contribution in [2.24, 2.45) is 5.41 Å². The van der Waals surface area contributed by atoms with Gasteiger partial charge in [0.05, 0.1) is 6.04 Å². The molecule has 0 aliphatic heterocycles. The van der Waals surface area contributed by atoms with Gasteiger partial charge in [0.15, 0.2) is 0 Å². The number of sulfonamides is 1. The lowest BCUT2D eigenvalue weighted by molar-refractivity contribution is 0.305. The van der Waals surface area contributed by atoms with Crippen LogP contribution in [0.3, 0.4) is 0 Å². The molecule has 17 heavy (non-hydrogen) atoms. The van der Waals surface area contributed by atoms with E-state index in [-0.39, 0.29) is 16.1 Å². The molecule has 1 aromatic carbocycles. The van der Waals surface area contributed by atoms with Gasteiger partial charge in [0.2, 0.25) is 10.0 Å². The molecule has 0 aliphatic rings. The number of nitrogens with one attached hydrogen (secondary N) is 1. The minimum absolute atomic E-state index is 0.0839. The third-order valence-electron chi connectivity index (χ3n) is 2.44. The summed E-state index contributed by atoms with van der Waals surface area (Å²) in [6, 6.07) is 9.39. The molecule has 1 unspecified atom stereocenters. The normalized spacial score (nSPS) is 14.6. The maximum Gasteiger partial charge on any atom is 0.222 e. The highest BCUT2D eigenvalue weighted by molar-refractivity contribution is 9.10. The minimum Gasteiger partial charge on any atom is -0.212 e. The van der Waals surface area contributed by atoms with E-state index in [4.69, 9.17) is 0 Å². The molecule has 5 heteroatoms. The van der Waals surface area contributed by atoms with Crippen molar-refractivity contribution in [3.05, 3.63) is 35.9 Å². The molecule has 1 rings (SSSR count). The van der Waals surface area contributed by atoms with Crippen LogP contribution in [0.25, 0.3) is 0 Å². The van der Waals surface area contributed by atoms with Gasteiger partial charge < -0.3 is 0 Å². The fourth-order valence-electron chi connectivity index (χ4n) is 1.60. The average molecular weight is 320 g/mol. The number of benzene rings is 1. The van der Waals surface area contributed by atoms with Crippen LogP contribution in [0.2, 0.25) is 0 Å². The molecule has 0 aromatic heterocycles. The highest BCUT2D eigenvalue weighted by atomic mass is 79.9. The zero-order valence-electron chi connectivity index (χ0n) is 10.3. The maximum absolute atomic E-state index is 11.7. The van der Waals surface area contributed by atoms with Crippen molar-refractivity contribution in [3.8, 4) is 0 Å². The molecule has 0 saturated heterocycles. The summed E-state index contributed by atoms with van der Waals surface area (Å²) in [4.78, 5) is 0. The van der Waals surface area contributed by atoms with Gasteiger partial charge in [-0.05, 0) is 11.0 Å². The topological polar surface area (TPSA) is 46.2 Å². The van der Waals surface area contributed by atoms with Crippen LogP contribution in [0.4, 0.5) is 0 Å². The Labute approximate surface area is 112 Å². The van der Waals surface area contributed by atoms with Gasteiger partial charge in [0, 0.05) is 0 Å². The van der Waals surface area contributed by atoms with Crippen molar-refractivity contribution in [2.45, 2.75) is 26.8 Å². The predicted molar refractivity (Wildman–Crippen MR) is 74.5 cm³/mol. The molecular weight excluding hydrogens is 302 g/mol. The van der Waals surface area contributed by atoms with Crippen molar-refractivity contribution in [2.75, 3.05) is 4.66 Å². The molecule has 0 radical (unpaired) electrons. The van der Waals surface area contributed by atoms with Gasteiger partial charge in [0.25, 0.3) is 0 Å². The first-order chi connectivity index (χ1) is 7.76. The molecule has 0 fully saturated rings. The van der Waals surface area contributed by atoms with Gasteiger partial charge in [0.1, 0.15) is 4.66 Å². The lowest BCUT2D eigenvalue weighted by Crippen LogP contribution is -2.37. The SMILES string of the molecule is CC(C)(C)C(NS(=O)(=O)CBr)c1ccccc1. The van der Waals surface area contributed by atoms with Gasteiger partial charge in [-0.1, -0.05) is 67.0 Å². The molecule has 1 atom stereocenters. The zero-order chi connectivity index (χ0) is 13.1. The van der Waals surface area contributed by atoms with Crippen molar-refractivity contribution in [1.82, 2.24) is 4.72 Å². The molecule has 0 bridgehead atoms. The smallest absolute Gasteiger partial charge is 0.212 e. The van der Waals surface area contributed by atoms with E-state index in [0.29, 0.717) is 0 Å². The average Bonchev–Trinajstić information content (AvgIpc) is 2.26. The summed E-state index contributed by atoms with van der Waals surface area (Å²) in [5.41, 5.74) is 0.792. The third-order valence-corrected chi connectivity index (χ3v) is 5.13. The highest BCUT2D eigenvalue weighted by Gasteiger charge is 2.29. The molecule has 0 saturated carbocycles. The van der Waals surface area contributed by atoms with E-state index in [0.717, 1.165) is 5.56 Å². The van der Waals surface area contributed by atoms with E-state index in [1.807, 2.05) is 51.1 Å². The van der Waals surface area contributed by atoms with E-state index < -0.39 is 10.0 Å². The van der Waals surface area contributed by atoms with Crippen LogP contribution in [0.15, 0.2) is 30.3 Å². The Morgan fingerprint density at radius 3 is 2.18 bits per heavy atom.